The Kier molecular flexibility index (Phi) is 5.20. The minimum absolute atomic E-state index is 0.0149. The smallest absolute Gasteiger partial charge is 0.258 e. The molecule has 0 saturated carbocycles. The molecule has 0 fully saturated rings. The summed E-state index contributed by atoms with van der Waals surface area (Å²) in [6.07, 6.45) is -0.210. The van der Waals surface area contributed by atoms with Crippen molar-refractivity contribution in [1.82, 2.24) is 9.97 Å². The lowest BCUT2D eigenvalue weighted by atomic mass is 9.92. The first-order chi connectivity index (χ1) is 14.4. The summed E-state index contributed by atoms with van der Waals surface area (Å²) in [5, 5.41) is 8.32. The second kappa shape index (κ2) is 7.96. The second-order valence-electron chi connectivity index (χ2n) is 6.58. The van der Waals surface area contributed by atoms with E-state index in [1.165, 1.54) is 24.3 Å². The minimum Gasteiger partial charge on any atom is -0.326 e. The highest BCUT2D eigenvalue weighted by atomic mass is 35.5. The van der Waals surface area contributed by atoms with Gasteiger partial charge in [-0.25, -0.2) is 4.39 Å². The van der Waals surface area contributed by atoms with E-state index >= 15 is 0 Å². The van der Waals surface area contributed by atoms with Crippen LogP contribution in [0.1, 0.15) is 17.9 Å². The molecule has 2 heterocycles. The van der Waals surface area contributed by atoms with Gasteiger partial charge in [-0.3, -0.25) is 19.4 Å². The van der Waals surface area contributed by atoms with Gasteiger partial charge >= 0.3 is 0 Å². The Hall–Kier alpha value is -3.72. The highest BCUT2D eigenvalue weighted by molar-refractivity contribution is 6.33. The first kappa shape index (κ1) is 19.6. The number of halogens is 2. The van der Waals surface area contributed by atoms with Gasteiger partial charge in [0, 0.05) is 12.1 Å². The van der Waals surface area contributed by atoms with Gasteiger partial charge in [0.25, 0.3) is 5.56 Å². The zero-order valence-corrected chi connectivity index (χ0v) is 16.1. The van der Waals surface area contributed by atoms with E-state index in [4.69, 9.17) is 11.6 Å². The Balaban J connectivity index is 1.64. The van der Waals surface area contributed by atoms with Crippen molar-refractivity contribution in [1.29, 1.82) is 0 Å². The van der Waals surface area contributed by atoms with Gasteiger partial charge in [-0.15, -0.1) is 0 Å². The number of aromatic amines is 1. The fraction of sp³-hybridized carbons (Fsp3) is 0.100. The third-order valence-electron chi connectivity index (χ3n) is 4.51. The SMILES string of the molecule is O=C1C[C@H](C(=O)Nc2ccccc2Cl)c2c(nc(Nc3ccc(F)cc3)[nH]c2=O)N1. The Morgan fingerprint density at radius 3 is 2.60 bits per heavy atom. The molecular weight excluding hydrogens is 413 g/mol. The third kappa shape index (κ3) is 4.01. The quantitative estimate of drug-likeness (QED) is 0.509. The summed E-state index contributed by atoms with van der Waals surface area (Å²) in [6, 6.07) is 12.1. The molecule has 0 aliphatic carbocycles. The fourth-order valence-electron chi connectivity index (χ4n) is 3.11. The fourth-order valence-corrected chi connectivity index (χ4v) is 3.29. The second-order valence-corrected chi connectivity index (χ2v) is 6.99. The number of carbonyl (C=O) groups excluding carboxylic acids is 2. The van der Waals surface area contributed by atoms with Crippen molar-refractivity contribution >= 4 is 46.6 Å². The van der Waals surface area contributed by atoms with Crippen LogP contribution in [0.2, 0.25) is 5.02 Å². The van der Waals surface area contributed by atoms with Crippen molar-refractivity contribution in [2.45, 2.75) is 12.3 Å². The van der Waals surface area contributed by atoms with E-state index in [1.54, 1.807) is 24.3 Å². The van der Waals surface area contributed by atoms with E-state index < -0.39 is 29.1 Å². The van der Waals surface area contributed by atoms with E-state index in [-0.39, 0.29) is 23.8 Å². The zero-order chi connectivity index (χ0) is 21.3. The molecule has 1 aliphatic heterocycles. The van der Waals surface area contributed by atoms with Crippen LogP contribution < -0.4 is 21.5 Å². The molecule has 30 heavy (non-hydrogen) atoms. The molecule has 0 unspecified atom stereocenters. The van der Waals surface area contributed by atoms with Gasteiger partial charge in [0.1, 0.15) is 11.6 Å². The zero-order valence-electron chi connectivity index (χ0n) is 15.3. The van der Waals surface area contributed by atoms with Crippen LogP contribution in [-0.2, 0) is 9.59 Å². The predicted octanol–water partition coefficient (Wildman–Crippen LogP) is 3.37. The van der Waals surface area contributed by atoms with Crippen LogP contribution in [0.3, 0.4) is 0 Å². The van der Waals surface area contributed by atoms with Crippen LogP contribution in [0, 0.1) is 5.82 Å². The van der Waals surface area contributed by atoms with E-state index in [0.717, 1.165) is 0 Å². The number of fused-ring (bicyclic) bond motifs is 1. The summed E-state index contributed by atoms with van der Waals surface area (Å²) in [4.78, 5) is 44.4. The van der Waals surface area contributed by atoms with Crippen molar-refractivity contribution in [2.75, 3.05) is 16.0 Å². The molecule has 152 valence electrons. The van der Waals surface area contributed by atoms with Gasteiger partial charge < -0.3 is 16.0 Å². The summed E-state index contributed by atoms with van der Waals surface area (Å²) in [6.45, 7) is 0. The molecule has 2 amide bonds. The number of aromatic nitrogens is 2. The number of hydrogen-bond acceptors (Lipinski definition) is 5. The summed E-state index contributed by atoms with van der Waals surface area (Å²) in [5.74, 6) is -2.43. The van der Waals surface area contributed by atoms with Crippen LogP contribution in [0.5, 0.6) is 0 Å². The van der Waals surface area contributed by atoms with E-state index in [0.29, 0.717) is 16.4 Å². The monoisotopic (exact) mass is 427 g/mol. The lowest BCUT2D eigenvalue weighted by Crippen LogP contribution is -2.36. The van der Waals surface area contributed by atoms with Gasteiger partial charge in [0.05, 0.1) is 22.2 Å². The Morgan fingerprint density at radius 1 is 1.13 bits per heavy atom. The maximum absolute atomic E-state index is 13.1. The number of hydrogen-bond donors (Lipinski definition) is 4. The number of benzene rings is 2. The highest BCUT2D eigenvalue weighted by Crippen LogP contribution is 2.31. The highest BCUT2D eigenvalue weighted by Gasteiger charge is 2.35. The first-order valence-corrected chi connectivity index (χ1v) is 9.30. The number of para-hydroxylation sites is 1. The average Bonchev–Trinajstić information content (AvgIpc) is 2.70. The topological polar surface area (TPSA) is 116 Å². The standard InChI is InChI=1S/C20H15ClFN5O3/c21-13-3-1-2-4-14(13)24-18(29)12-9-15(28)25-17-16(12)19(30)27-20(26-17)23-11-7-5-10(22)6-8-11/h1-8,12H,9H2,(H,24,29)(H3,23,25,26,27,28,30)/t12-/m0/s1. The molecule has 10 heteroatoms. The molecule has 1 aromatic heterocycles. The molecule has 3 aromatic rings. The van der Waals surface area contributed by atoms with Gasteiger partial charge in [-0.1, -0.05) is 23.7 Å². The van der Waals surface area contributed by atoms with Crippen molar-refractivity contribution in [2.24, 2.45) is 0 Å². The largest absolute Gasteiger partial charge is 0.326 e. The molecule has 1 aliphatic rings. The number of carbonyl (C=O) groups is 2. The maximum Gasteiger partial charge on any atom is 0.258 e. The van der Waals surface area contributed by atoms with Crippen LogP contribution in [0.15, 0.2) is 53.3 Å². The van der Waals surface area contributed by atoms with Crippen molar-refractivity contribution in [3.63, 3.8) is 0 Å². The minimum atomic E-state index is -1.04. The lowest BCUT2D eigenvalue weighted by Gasteiger charge is -2.23. The number of amides is 2. The van der Waals surface area contributed by atoms with Gasteiger partial charge in [-0.05, 0) is 36.4 Å². The molecule has 4 N–H and O–H groups in total. The van der Waals surface area contributed by atoms with E-state index in [1.807, 2.05) is 0 Å². The molecule has 4 rings (SSSR count). The summed E-state index contributed by atoms with van der Waals surface area (Å²) < 4.78 is 13.1. The molecule has 0 radical (unpaired) electrons. The van der Waals surface area contributed by atoms with Crippen molar-refractivity contribution in [3.05, 3.63) is 75.3 Å². The van der Waals surface area contributed by atoms with E-state index in [2.05, 4.69) is 25.9 Å². The molecule has 0 spiro atoms. The molecule has 0 saturated heterocycles. The number of rotatable bonds is 4. The Bertz CT molecular complexity index is 1200. The van der Waals surface area contributed by atoms with Gasteiger partial charge in [0.15, 0.2) is 0 Å². The van der Waals surface area contributed by atoms with Crippen LogP contribution in [-0.4, -0.2) is 21.8 Å². The lowest BCUT2D eigenvalue weighted by molar-refractivity contribution is -0.123. The van der Waals surface area contributed by atoms with Crippen molar-refractivity contribution in [3.8, 4) is 0 Å². The van der Waals surface area contributed by atoms with Gasteiger partial charge in [-0.2, -0.15) is 4.98 Å². The summed E-state index contributed by atoms with van der Waals surface area (Å²) in [5.41, 5.74) is 0.318. The molecule has 0 bridgehead atoms. The van der Waals surface area contributed by atoms with E-state index in [9.17, 15) is 18.8 Å². The van der Waals surface area contributed by atoms with Gasteiger partial charge in [0.2, 0.25) is 17.8 Å². The Labute approximate surface area is 174 Å². The molecule has 8 nitrogen and oxygen atoms in total. The van der Waals surface area contributed by atoms with Crippen molar-refractivity contribution < 1.29 is 14.0 Å². The number of nitrogens with one attached hydrogen (secondary N) is 4. The first-order valence-electron chi connectivity index (χ1n) is 8.93. The summed E-state index contributed by atoms with van der Waals surface area (Å²) in [7, 11) is 0. The summed E-state index contributed by atoms with van der Waals surface area (Å²) >= 11 is 6.07. The van der Waals surface area contributed by atoms with Crippen LogP contribution in [0.25, 0.3) is 0 Å². The number of H-pyrrole nitrogens is 1. The predicted molar refractivity (Wildman–Crippen MR) is 111 cm³/mol. The molecule has 2 aromatic carbocycles. The number of anilines is 4. The van der Waals surface area contributed by atoms with Crippen LogP contribution in [0.4, 0.5) is 27.5 Å². The maximum atomic E-state index is 13.1. The Morgan fingerprint density at radius 2 is 1.87 bits per heavy atom. The normalized spacial score (nSPS) is 15.1. The third-order valence-corrected chi connectivity index (χ3v) is 4.84. The number of nitrogens with zero attached hydrogens (tertiary/aromatic N) is 1. The molecule has 1 atom stereocenters. The van der Waals surface area contributed by atoms with Crippen LogP contribution >= 0.6 is 11.6 Å². The molecular formula is C20H15ClFN5O3. The average molecular weight is 428 g/mol.